The molecule has 19 heavy (non-hydrogen) atoms. The highest BCUT2D eigenvalue weighted by molar-refractivity contribution is 5.82. The van der Waals surface area contributed by atoms with E-state index in [0.717, 1.165) is 26.2 Å². The van der Waals surface area contributed by atoms with E-state index >= 15 is 0 Å². The molecule has 0 aromatic carbocycles. The van der Waals surface area contributed by atoms with Crippen molar-refractivity contribution in [2.75, 3.05) is 46.8 Å². The van der Waals surface area contributed by atoms with Crippen molar-refractivity contribution >= 4 is 11.8 Å². The largest absolute Gasteiger partial charge is 0.359 e. The number of nitrogens with one attached hydrogen (secondary N) is 2. The molecule has 1 saturated heterocycles. The molecule has 0 aliphatic carbocycles. The van der Waals surface area contributed by atoms with Crippen LogP contribution in [0.25, 0.3) is 0 Å². The molecule has 2 amide bonds. The molecular weight excluding hydrogens is 244 g/mol. The first kappa shape index (κ1) is 15.9. The van der Waals surface area contributed by atoms with Gasteiger partial charge in [0, 0.05) is 45.7 Å². The molecule has 1 rings (SSSR count). The summed E-state index contributed by atoms with van der Waals surface area (Å²) in [5, 5.41) is 5.86. The molecule has 0 aromatic heterocycles. The van der Waals surface area contributed by atoms with Gasteiger partial charge in [-0.15, -0.1) is 0 Å². The monoisotopic (exact) mass is 270 g/mol. The zero-order valence-electron chi connectivity index (χ0n) is 12.4. The second-order valence-electron chi connectivity index (χ2n) is 5.21. The summed E-state index contributed by atoms with van der Waals surface area (Å²) in [4.78, 5) is 27.7. The highest BCUT2D eigenvalue weighted by Gasteiger charge is 2.26. The Morgan fingerprint density at radius 2 is 1.89 bits per heavy atom. The summed E-state index contributed by atoms with van der Waals surface area (Å²) in [6, 6.07) is -0.190. The lowest BCUT2D eigenvalue weighted by atomic mass is 10.1. The van der Waals surface area contributed by atoms with Crippen LogP contribution in [-0.2, 0) is 9.59 Å². The lowest BCUT2D eigenvalue weighted by Gasteiger charge is -2.33. The SMILES string of the molecule is CNC(=O)C(C)CN(C)C(C)C(=O)N1CCNCC1. The number of piperazine rings is 1. The second kappa shape index (κ2) is 7.45. The van der Waals surface area contributed by atoms with Crippen molar-refractivity contribution in [1.82, 2.24) is 20.4 Å². The molecule has 0 aromatic rings. The third-order valence-electron chi connectivity index (χ3n) is 3.70. The fraction of sp³-hybridized carbons (Fsp3) is 0.846. The molecule has 0 radical (unpaired) electrons. The fourth-order valence-corrected chi connectivity index (χ4v) is 2.26. The van der Waals surface area contributed by atoms with Gasteiger partial charge in [0.1, 0.15) is 0 Å². The normalized spacial score (nSPS) is 19.1. The Kier molecular flexibility index (Phi) is 6.24. The van der Waals surface area contributed by atoms with Crippen molar-refractivity contribution in [1.29, 1.82) is 0 Å². The first-order valence-electron chi connectivity index (χ1n) is 6.88. The Labute approximate surface area is 115 Å². The molecule has 0 bridgehead atoms. The van der Waals surface area contributed by atoms with Gasteiger partial charge in [0.05, 0.1) is 6.04 Å². The zero-order valence-corrected chi connectivity index (χ0v) is 12.4. The second-order valence-corrected chi connectivity index (χ2v) is 5.21. The fourth-order valence-electron chi connectivity index (χ4n) is 2.26. The van der Waals surface area contributed by atoms with Crippen LogP contribution in [0.3, 0.4) is 0 Å². The molecule has 1 aliphatic heterocycles. The maximum atomic E-state index is 12.3. The van der Waals surface area contributed by atoms with E-state index in [1.165, 1.54) is 0 Å². The van der Waals surface area contributed by atoms with Crippen molar-refractivity contribution in [2.45, 2.75) is 19.9 Å². The quantitative estimate of drug-likeness (QED) is 0.681. The van der Waals surface area contributed by atoms with E-state index in [4.69, 9.17) is 0 Å². The number of likely N-dealkylation sites (N-methyl/N-ethyl adjacent to an activating group) is 1. The van der Waals surface area contributed by atoms with Crippen molar-refractivity contribution in [3.05, 3.63) is 0 Å². The summed E-state index contributed by atoms with van der Waals surface area (Å²) < 4.78 is 0. The standard InChI is InChI=1S/C13H26N4O2/c1-10(12(18)14-3)9-16(4)11(2)13(19)17-7-5-15-6-8-17/h10-11,15H,5-9H2,1-4H3,(H,14,18). The molecule has 1 fully saturated rings. The zero-order chi connectivity index (χ0) is 14.4. The highest BCUT2D eigenvalue weighted by Crippen LogP contribution is 2.07. The number of nitrogens with zero attached hydrogens (tertiary/aromatic N) is 2. The van der Waals surface area contributed by atoms with E-state index in [1.54, 1.807) is 7.05 Å². The molecular formula is C13H26N4O2. The van der Waals surface area contributed by atoms with E-state index in [2.05, 4.69) is 10.6 Å². The van der Waals surface area contributed by atoms with E-state index in [0.29, 0.717) is 6.54 Å². The van der Waals surface area contributed by atoms with E-state index < -0.39 is 0 Å². The minimum Gasteiger partial charge on any atom is -0.359 e. The maximum Gasteiger partial charge on any atom is 0.239 e. The minimum absolute atomic E-state index is 0.00803. The molecule has 2 atom stereocenters. The van der Waals surface area contributed by atoms with Crippen LogP contribution in [0.1, 0.15) is 13.8 Å². The van der Waals surface area contributed by atoms with Crippen LogP contribution >= 0.6 is 0 Å². The summed E-state index contributed by atoms with van der Waals surface area (Å²) >= 11 is 0. The molecule has 0 spiro atoms. The van der Waals surface area contributed by atoms with Crippen LogP contribution in [0.4, 0.5) is 0 Å². The first-order valence-corrected chi connectivity index (χ1v) is 6.88. The molecule has 0 saturated carbocycles. The minimum atomic E-state index is -0.190. The van der Waals surface area contributed by atoms with Crippen LogP contribution in [0.15, 0.2) is 0 Å². The van der Waals surface area contributed by atoms with Crippen LogP contribution in [0.2, 0.25) is 0 Å². The van der Waals surface area contributed by atoms with Gasteiger partial charge in [-0.1, -0.05) is 6.92 Å². The lowest BCUT2D eigenvalue weighted by molar-refractivity contribution is -0.137. The molecule has 1 heterocycles. The highest BCUT2D eigenvalue weighted by atomic mass is 16.2. The van der Waals surface area contributed by atoms with Gasteiger partial charge in [0.25, 0.3) is 0 Å². The number of rotatable bonds is 5. The number of hydrogen-bond donors (Lipinski definition) is 2. The Morgan fingerprint density at radius 1 is 1.32 bits per heavy atom. The van der Waals surface area contributed by atoms with Gasteiger partial charge in [-0.3, -0.25) is 14.5 Å². The smallest absolute Gasteiger partial charge is 0.239 e. The van der Waals surface area contributed by atoms with Gasteiger partial charge in [-0.2, -0.15) is 0 Å². The number of amides is 2. The summed E-state index contributed by atoms with van der Waals surface area (Å²) in [6.07, 6.45) is 0. The van der Waals surface area contributed by atoms with Gasteiger partial charge < -0.3 is 15.5 Å². The average Bonchev–Trinajstić information content (AvgIpc) is 2.45. The van der Waals surface area contributed by atoms with Gasteiger partial charge in [-0.25, -0.2) is 0 Å². The third-order valence-corrected chi connectivity index (χ3v) is 3.70. The number of carbonyl (C=O) groups is 2. The van der Waals surface area contributed by atoms with Crippen molar-refractivity contribution in [3.63, 3.8) is 0 Å². The van der Waals surface area contributed by atoms with Crippen LogP contribution in [0.5, 0.6) is 0 Å². The predicted octanol–water partition coefficient (Wildman–Crippen LogP) is -0.879. The summed E-state index contributed by atoms with van der Waals surface area (Å²) in [7, 11) is 3.53. The number of carbonyl (C=O) groups excluding carboxylic acids is 2. The molecule has 6 heteroatoms. The molecule has 2 N–H and O–H groups in total. The number of hydrogen-bond acceptors (Lipinski definition) is 4. The van der Waals surface area contributed by atoms with Crippen LogP contribution in [0, 0.1) is 5.92 Å². The van der Waals surface area contributed by atoms with Gasteiger partial charge in [0.2, 0.25) is 11.8 Å². The van der Waals surface area contributed by atoms with Crippen molar-refractivity contribution in [3.8, 4) is 0 Å². The van der Waals surface area contributed by atoms with Gasteiger partial charge in [0.15, 0.2) is 0 Å². The Balaban J connectivity index is 2.48. The Hall–Kier alpha value is -1.14. The third kappa shape index (κ3) is 4.47. The van der Waals surface area contributed by atoms with E-state index in [9.17, 15) is 9.59 Å². The maximum absolute atomic E-state index is 12.3. The van der Waals surface area contributed by atoms with Crippen LogP contribution < -0.4 is 10.6 Å². The first-order chi connectivity index (χ1) is 8.97. The van der Waals surface area contributed by atoms with Crippen molar-refractivity contribution in [2.24, 2.45) is 5.92 Å². The molecule has 2 unspecified atom stereocenters. The Bertz CT molecular complexity index is 316. The Morgan fingerprint density at radius 3 is 2.42 bits per heavy atom. The predicted molar refractivity (Wildman–Crippen MR) is 74.8 cm³/mol. The molecule has 6 nitrogen and oxygen atoms in total. The summed E-state index contributed by atoms with van der Waals surface area (Å²) in [5.41, 5.74) is 0. The topological polar surface area (TPSA) is 64.7 Å². The van der Waals surface area contributed by atoms with E-state index in [1.807, 2.05) is 30.7 Å². The average molecular weight is 270 g/mol. The van der Waals surface area contributed by atoms with Gasteiger partial charge in [-0.05, 0) is 14.0 Å². The van der Waals surface area contributed by atoms with Gasteiger partial charge >= 0.3 is 0 Å². The lowest BCUT2D eigenvalue weighted by Crippen LogP contribution is -2.53. The van der Waals surface area contributed by atoms with Crippen molar-refractivity contribution < 1.29 is 9.59 Å². The van der Waals surface area contributed by atoms with Crippen LogP contribution in [-0.4, -0.2) is 74.5 Å². The summed E-state index contributed by atoms with van der Waals surface area (Å²) in [5.74, 6) is 0.0371. The summed E-state index contributed by atoms with van der Waals surface area (Å²) in [6.45, 7) is 7.61. The van der Waals surface area contributed by atoms with E-state index in [-0.39, 0.29) is 23.8 Å². The molecule has 110 valence electrons. The molecule has 1 aliphatic rings.